The Morgan fingerprint density at radius 2 is 1.58 bits per heavy atom. The highest BCUT2D eigenvalue weighted by Crippen LogP contribution is 2.44. The summed E-state index contributed by atoms with van der Waals surface area (Å²) in [4.78, 5) is 0. The smallest absolute Gasteiger partial charge is 0.309 e. The second-order valence-corrected chi connectivity index (χ2v) is 4.44. The third-order valence-electron chi connectivity index (χ3n) is 1.55. The van der Waals surface area contributed by atoms with Crippen LogP contribution in [0.5, 0.6) is 0 Å². The second-order valence-electron chi connectivity index (χ2n) is 2.20. The maximum absolute atomic E-state index is 11.7. The van der Waals surface area contributed by atoms with Gasteiger partial charge in [-0.25, -0.2) is 0 Å². The Bertz CT molecular complexity index is 276. The monoisotopic (exact) mass is 186 g/mol. The summed E-state index contributed by atoms with van der Waals surface area (Å²) in [6.45, 7) is 0. The number of hydrogen-bond acceptors (Lipinski definition) is 3. The summed E-state index contributed by atoms with van der Waals surface area (Å²) in [5.74, 6) is 0. The summed E-state index contributed by atoms with van der Waals surface area (Å²) < 4.78 is 21.3. The fourth-order valence-corrected chi connectivity index (χ4v) is 2.00. The fraction of sp³-hybridized carbons (Fsp3) is 0.250. The molecule has 0 aliphatic heterocycles. The van der Waals surface area contributed by atoms with E-state index >= 15 is 0 Å². The molecule has 0 saturated carbocycles. The largest absolute Gasteiger partial charge is 0.360 e. The van der Waals surface area contributed by atoms with E-state index in [4.69, 9.17) is 9.05 Å². The van der Waals surface area contributed by atoms with E-state index in [0.29, 0.717) is 5.30 Å². The van der Waals surface area contributed by atoms with Gasteiger partial charge in [-0.2, -0.15) is 0 Å². The van der Waals surface area contributed by atoms with Gasteiger partial charge < -0.3 is 9.05 Å². The van der Waals surface area contributed by atoms with Crippen molar-refractivity contribution in [3.8, 4) is 0 Å². The minimum atomic E-state index is -3.03. The van der Waals surface area contributed by atoms with Gasteiger partial charge in [0.25, 0.3) is 0 Å². The third kappa shape index (κ3) is 1.75. The van der Waals surface area contributed by atoms with Gasteiger partial charge in [0.15, 0.2) is 0 Å². The van der Waals surface area contributed by atoms with Crippen molar-refractivity contribution >= 4 is 12.9 Å². The molecule has 3 nitrogen and oxygen atoms in total. The van der Waals surface area contributed by atoms with Crippen LogP contribution in [0.4, 0.5) is 0 Å². The van der Waals surface area contributed by atoms with Crippen LogP contribution in [-0.4, -0.2) is 14.2 Å². The molecule has 0 amide bonds. The highest BCUT2D eigenvalue weighted by Gasteiger charge is 2.23. The van der Waals surface area contributed by atoms with Crippen LogP contribution < -0.4 is 5.30 Å². The normalized spacial score (nSPS) is 11.5. The Balaban J connectivity index is 3.04. The van der Waals surface area contributed by atoms with Gasteiger partial charge in [-0.1, -0.05) is 18.2 Å². The SMILES string of the molecule is COP(=O)(OC)c1ccccc1. The summed E-state index contributed by atoms with van der Waals surface area (Å²) in [5, 5.41) is 0.579. The lowest BCUT2D eigenvalue weighted by atomic mass is 10.4. The first-order valence-electron chi connectivity index (χ1n) is 3.50. The lowest BCUT2D eigenvalue weighted by Crippen LogP contribution is -2.06. The molecule has 0 atom stereocenters. The fourth-order valence-electron chi connectivity index (χ4n) is 0.896. The number of benzene rings is 1. The Hall–Kier alpha value is -0.630. The standard InChI is InChI=1S/C8H11O3P/c1-10-12(9,11-2)8-6-4-3-5-7-8/h3-7H,1-2H3. The molecular formula is C8H11O3P. The van der Waals surface area contributed by atoms with Gasteiger partial charge >= 0.3 is 7.60 Å². The summed E-state index contributed by atoms with van der Waals surface area (Å²) >= 11 is 0. The average Bonchev–Trinajstić information content (AvgIpc) is 2.18. The van der Waals surface area contributed by atoms with Crippen molar-refractivity contribution in [3.63, 3.8) is 0 Å². The Kier molecular flexibility index (Phi) is 3.04. The van der Waals surface area contributed by atoms with E-state index in [1.54, 1.807) is 24.3 Å². The zero-order valence-corrected chi connectivity index (χ0v) is 7.95. The Labute approximate surface area is 71.9 Å². The molecule has 1 aromatic rings. The highest BCUT2D eigenvalue weighted by atomic mass is 31.2. The zero-order chi connectivity index (χ0) is 9.03. The zero-order valence-electron chi connectivity index (χ0n) is 7.06. The minimum Gasteiger partial charge on any atom is -0.309 e. The molecule has 0 aromatic heterocycles. The van der Waals surface area contributed by atoms with Crippen LogP contribution in [0.3, 0.4) is 0 Å². The summed E-state index contributed by atoms with van der Waals surface area (Å²) in [5.41, 5.74) is 0. The second kappa shape index (κ2) is 3.85. The van der Waals surface area contributed by atoms with E-state index in [1.807, 2.05) is 6.07 Å². The van der Waals surface area contributed by atoms with Crippen LogP contribution in [0.1, 0.15) is 0 Å². The maximum Gasteiger partial charge on any atom is 0.360 e. The molecule has 0 radical (unpaired) electrons. The van der Waals surface area contributed by atoms with Crippen LogP contribution in [0.25, 0.3) is 0 Å². The van der Waals surface area contributed by atoms with Gasteiger partial charge in [0.1, 0.15) is 0 Å². The molecule has 1 rings (SSSR count). The topological polar surface area (TPSA) is 35.5 Å². The lowest BCUT2D eigenvalue weighted by Gasteiger charge is -2.12. The summed E-state index contributed by atoms with van der Waals surface area (Å²) in [7, 11) is -0.289. The Morgan fingerprint density at radius 1 is 1.08 bits per heavy atom. The predicted octanol–water partition coefficient (Wildman–Crippen LogP) is 1.80. The maximum atomic E-state index is 11.7. The lowest BCUT2D eigenvalue weighted by molar-refractivity contribution is 0.287. The molecular weight excluding hydrogens is 175 g/mol. The summed E-state index contributed by atoms with van der Waals surface area (Å²) in [6.07, 6.45) is 0. The van der Waals surface area contributed by atoms with E-state index in [-0.39, 0.29) is 0 Å². The van der Waals surface area contributed by atoms with Gasteiger partial charge in [0.2, 0.25) is 0 Å². The van der Waals surface area contributed by atoms with Gasteiger partial charge in [0.05, 0.1) is 5.30 Å². The first-order valence-corrected chi connectivity index (χ1v) is 5.04. The van der Waals surface area contributed by atoms with E-state index in [1.165, 1.54) is 14.2 Å². The van der Waals surface area contributed by atoms with Crippen molar-refractivity contribution < 1.29 is 13.6 Å². The molecule has 0 heterocycles. The van der Waals surface area contributed by atoms with E-state index in [2.05, 4.69) is 0 Å². The quantitative estimate of drug-likeness (QED) is 0.675. The van der Waals surface area contributed by atoms with Crippen LogP contribution >= 0.6 is 7.60 Å². The molecule has 1 aromatic carbocycles. The third-order valence-corrected chi connectivity index (χ3v) is 3.45. The molecule has 0 aliphatic carbocycles. The van der Waals surface area contributed by atoms with Crippen molar-refractivity contribution in [2.45, 2.75) is 0 Å². The predicted molar refractivity (Wildman–Crippen MR) is 47.7 cm³/mol. The minimum absolute atomic E-state index is 0.579. The van der Waals surface area contributed by atoms with Crippen molar-refractivity contribution in [1.29, 1.82) is 0 Å². The van der Waals surface area contributed by atoms with Crippen molar-refractivity contribution in [2.24, 2.45) is 0 Å². The molecule has 0 fully saturated rings. The van der Waals surface area contributed by atoms with Crippen molar-refractivity contribution in [2.75, 3.05) is 14.2 Å². The molecule has 12 heavy (non-hydrogen) atoms. The van der Waals surface area contributed by atoms with Crippen molar-refractivity contribution in [1.82, 2.24) is 0 Å². The van der Waals surface area contributed by atoms with Gasteiger partial charge in [-0.15, -0.1) is 0 Å². The highest BCUT2D eigenvalue weighted by molar-refractivity contribution is 7.62. The first-order chi connectivity index (χ1) is 5.73. The molecule has 0 bridgehead atoms. The molecule has 0 saturated heterocycles. The molecule has 66 valence electrons. The van der Waals surface area contributed by atoms with Gasteiger partial charge in [-0.05, 0) is 12.1 Å². The molecule has 0 aliphatic rings. The molecule has 0 N–H and O–H groups in total. The van der Waals surface area contributed by atoms with Crippen LogP contribution in [0, 0.1) is 0 Å². The molecule has 0 spiro atoms. The van der Waals surface area contributed by atoms with E-state index in [0.717, 1.165) is 0 Å². The van der Waals surface area contributed by atoms with E-state index in [9.17, 15) is 4.57 Å². The van der Waals surface area contributed by atoms with E-state index < -0.39 is 7.60 Å². The molecule has 0 unspecified atom stereocenters. The van der Waals surface area contributed by atoms with Gasteiger partial charge in [0, 0.05) is 14.2 Å². The van der Waals surface area contributed by atoms with Crippen LogP contribution in [0.15, 0.2) is 30.3 Å². The summed E-state index contributed by atoms with van der Waals surface area (Å²) in [6, 6.07) is 8.86. The number of hydrogen-bond donors (Lipinski definition) is 0. The Morgan fingerprint density at radius 3 is 2.00 bits per heavy atom. The van der Waals surface area contributed by atoms with Crippen molar-refractivity contribution in [3.05, 3.63) is 30.3 Å². The van der Waals surface area contributed by atoms with Gasteiger partial charge in [-0.3, -0.25) is 4.57 Å². The van der Waals surface area contributed by atoms with Crippen LogP contribution in [-0.2, 0) is 13.6 Å². The van der Waals surface area contributed by atoms with Crippen LogP contribution in [0.2, 0.25) is 0 Å². The average molecular weight is 186 g/mol. The molecule has 4 heteroatoms. The number of rotatable bonds is 3. The first kappa shape index (κ1) is 9.46.